The lowest BCUT2D eigenvalue weighted by Gasteiger charge is -2.60. The normalized spacial score (nSPS) is 49.9. The van der Waals surface area contributed by atoms with E-state index in [1.54, 1.807) is 0 Å². The van der Waals surface area contributed by atoms with E-state index in [9.17, 15) is 19.5 Å². The molecule has 1 N–H and O–H groups in total. The average Bonchev–Trinajstić information content (AvgIpc) is 3.33. The Labute approximate surface area is 171 Å². The molecule has 29 heavy (non-hydrogen) atoms. The Hall–Kier alpha value is -1.53. The lowest BCUT2D eigenvalue weighted by atomic mass is 9.45. The quantitative estimate of drug-likeness (QED) is 0.575. The number of esters is 1. The van der Waals surface area contributed by atoms with Gasteiger partial charge in [0.05, 0.1) is 12.2 Å². The molecule has 1 aliphatic heterocycles. The van der Waals surface area contributed by atoms with E-state index in [1.807, 2.05) is 6.08 Å². The van der Waals surface area contributed by atoms with Crippen LogP contribution >= 0.6 is 0 Å². The molecule has 0 bridgehead atoms. The van der Waals surface area contributed by atoms with Crippen molar-refractivity contribution in [2.45, 2.75) is 77.1 Å². The zero-order valence-electron chi connectivity index (χ0n) is 17.4. The third-order valence-electron chi connectivity index (χ3n) is 9.15. The number of allylic oxidation sites excluding steroid dienone is 1. The summed E-state index contributed by atoms with van der Waals surface area (Å²) in [6.45, 7) is 5.35. The smallest absolute Gasteiger partial charge is 0.303 e. The van der Waals surface area contributed by atoms with Crippen LogP contribution in [0.4, 0.5) is 0 Å². The molecule has 0 spiro atoms. The van der Waals surface area contributed by atoms with Gasteiger partial charge in [0, 0.05) is 18.8 Å². The largest absolute Gasteiger partial charge is 0.458 e. The minimum Gasteiger partial charge on any atom is -0.458 e. The van der Waals surface area contributed by atoms with Crippen molar-refractivity contribution in [3.05, 3.63) is 11.6 Å². The van der Waals surface area contributed by atoms with Crippen LogP contribution in [0.2, 0.25) is 0 Å². The van der Waals surface area contributed by atoms with Crippen LogP contribution in [0.15, 0.2) is 11.6 Å². The van der Waals surface area contributed by atoms with Crippen molar-refractivity contribution < 1.29 is 29.0 Å². The van der Waals surface area contributed by atoms with Crippen LogP contribution in [-0.2, 0) is 23.9 Å². The van der Waals surface area contributed by atoms with Gasteiger partial charge in [-0.15, -0.1) is 0 Å². The minimum absolute atomic E-state index is 0.117. The maximum Gasteiger partial charge on any atom is 0.303 e. The number of ether oxygens (including phenoxy) is 2. The second-order valence-electron chi connectivity index (χ2n) is 10.4. The van der Waals surface area contributed by atoms with Gasteiger partial charge in [0.1, 0.15) is 0 Å². The fraction of sp³-hybridized carbons (Fsp3) is 0.783. The molecule has 158 valence electrons. The van der Waals surface area contributed by atoms with Gasteiger partial charge < -0.3 is 14.6 Å². The maximum absolute atomic E-state index is 13.0. The summed E-state index contributed by atoms with van der Waals surface area (Å²) in [6, 6.07) is 0. The molecule has 4 aliphatic carbocycles. The number of hydrogen-bond donors (Lipinski definition) is 1. The Bertz CT molecular complexity index is 831. The number of carbonyl (C=O) groups excluding carboxylic acids is 3. The van der Waals surface area contributed by atoms with E-state index in [0.29, 0.717) is 24.7 Å². The van der Waals surface area contributed by atoms with E-state index in [1.165, 1.54) is 12.5 Å². The first kappa shape index (κ1) is 19.4. The lowest BCUT2D eigenvalue weighted by Crippen LogP contribution is -2.60. The number of epoxide rings is 1. The molecule has 1 saturated heterocycles. The second kappa shape index (κ2) is 6.01. The summed E-state index contributed by atoms with van der Waals surface area (Å²) in [7, 11) is 0. The summed E-state index contributed by atoms with van der Waals surface area (Å²) in [5.74, 6) is 0.296. The summed E-state index contributed by atoms with van der Waals surface area (Å²) in [4.78, 5) is 36.2. The first-order chi connectivity index (χ1) is 13.6. The van der Waals surface area contributed by atoms with Crippen LogP contribution < -0.4 is 0 Å². The SMILES string of the molecule is CC(=O)OCC(=O)[C@@]12OC1C[C@H]1[C@@H]3CCC4=CC(=O)CC[C@]4(C)[C@H]3[C@@H](O)C[C@@]12C. The Morgan fingerprint density at radius 3 is 2.79 bits per heavy atom. The van der Waals surface area contributed by atoms with Crippen LogP contribution in [0.25, 0.3) is 0 Å². The average molecular weight is 402 g/mol. The summed E-state index contributed by atoms with van der Waals surface area (Å²) < 4.78 is 11.0. The number of ketones is 2. The molecule has 4 fully saturated rings. The van der Waals surface area contributed by atoms with Crippen molar-refractivity contribution in [2.75, 3.05) is 6.61 Å². The number of rotatable bonds is 3. The van der Waals surface area contributed by atoms with E-state index in [-0.39, 0.29) is 35.6 Å². The van der Waals surface area contributed by atoms with Crippen LogP contribution in [0, 0.1) is 28.6 Å². The van der Waals surface area contributed by atoms with E-state index in [2.05, 4.69) is 13.8 Å². The number of fused-ring (bicyclic) bond motifs is 7. The first-order valence-corrected chi connectivity index (χ1v) is 10.9. The summed E-state index contributed by atoms with van der Waals surface area (Å²) in [6.07, 6.45) is 5.68. The first-order valence-electron chi connectivity index (χ1n) is 10.9. The minimum atomic E-state index is -0.918. The Balaban J connectivity index is 1.47. The molecule has 1 heterocycles. The highest BCUT2D eigenvalue weighted by Gasteiger charge is 2.81. The van der Waals surface area contributed by atoms with E-state index >= 15 is 0 Å². The van der Waals surface area contributed by atoms with Gasteiger partial charge in [-0.05, 0) is 61.3 Å². The zero-order valence-corrected chi connectivity index (χ0v) is 17.4. The molecule has 0 aromatic heterocycles. The topological polar surface area (TPSA) is 93.2 Å². The van der Waals surface area contributed by atoms with Crippen molar-refractivity contribution >= 4 is 17.5 Å². The van der Waals surface area contributed by atoms with Crippen LogP contribution in [-0.4, -0.2) is 47.1 Å². The highest BCUT2D eigenvalue weighted by Crippen LogP contribution is 2.73. The molecule has 1 unspecified atom stereocenters. The molecule has 6 nitrogen and oxygen atoms in total. The van der Waals surface area contributed by atoms with Gasteiger partial charge in [-0.25, -0.2) is 0 Å². The number of Topliss-reactive ketones (excluding diaryl/α,β-unsaturated/α-hetero) is 1. The van der Waals surface area contributed by atoms with Crippen molar-refractivity contribution in [1.29, 1.82) is 0 Å². The predicted molar refractivity (Wildman–Crippen MR) is 103 cm³/mol. The Kier molecular flexibility index (Phi) is 4.03. The van der Waals surface area contributed by atoms with Crippen LogP contribution in [0.3, 0.4) is 0 Å². The van der Waals surface area contributed by atoms with Crippen LogP contribution in [0.5, 0.6) is 0 Å². The lowest BCUT2D eigenvalue weighted by molar-refractivity contribution is -0.164. The van der Waals surface area contributed by atoms with Crippen molar-refractivity contribution in [1.82, 2.24) is 0 Å². The van der Waals surface area contributed by atoms with E-state index in [0.717, 1.165) is 25.7 Å². The third-order valence-corrected chi connectivity index (χ3v) is 9.15. The number of hydrogen-bond acceptors (Lipinski definition) is 6. The van der Waals surface area contributed by atoms with Gasteiger partial charge in [0.2, 0.25) is 5.78 Å². The molecule has 6 heteroatoms. The number of aliphatic hydroxyl groups excluding tert-OH is 1. The third kappa shape index (κ3) is 2.39. The van der Waals surface area contributed by atoms with Gasteiger partial charge in [-0.2, -0.15) is 0 Å². The van der Waals surface area contributed by atoms with Gasteiger partial charge in [-0.1, -0.05) is 19.4 Å². The zero-order chi connectivity index (χ0) is 20.8. The standard InChI is InChI=1S/C23H30O6/c1-12(24)28-11-18(27)23-19(29-23)9-16-15-5-4-13-8-14(25)6-7-21(13,2)20(15)17(26)10-22(16,23)3/h8,15-17,19-20,26H,4-7,9-11H2,1-3H3/t15-,16-,17-,19?,20+,21-,22-,23+/m0/s1. The molecule has 0 aromatic rings. The van der Waals surface area contributed by atoms with Crippen molar-refractivity contribution in [3.63, 3.8) is 0 Å². The molecule has 0 aromatic carbocycles. The Morgan fingerprint density at radius 1 is 1.31 bits per heavy atom. The highest BCUT2D eigenvalue weighted by atomic mass is 16.6. The molecule has 0 amide bonds. The van der Waals surface area contributed by atoms with Crippen molar-refractivity contribution in [2.24, 2.45) is 28.6 Å². The van der Waals surface area contributed by atoms with Gasteiger partial charge in [0.25, 0.3) is 0 Å². The number of carbonyl (C=O) groups is 3. The monoisotopic (exact) mass is 402 g/mol. The van der Waals surface area contributed by atoms with Gasteiger partial charge >= 0.3 is 5.97 Å². The molecule has 5 aliphatic rings. The van der Waals surface area contributed by atoms with Crippen LogP contribution in [0.1, 0.15) is 59.3 Å². The molecular weight excluding hydrogens is 372 g/mol. The van der Waals surface area contributed by atoms with Gasteiger partial charge in [0.15, 0.2) is 18.0 Å². The molecule has 5 rings (SSSR count). The predicted octanol–water partition coefficient (Wildman–Crippen LogP) is 2.37. The molecule has 0 radical (unpaired) electrons. The highest BCUT2D eigenvalue weighted by molar-refractivity contribution is 5.94. The maximum atomic E-state index is 13.0. The summed E-state index contributed by atoms with van der Waals surface area (Å²) in [5, 5.41) is 11.4. The fourth-order valence-electron chi connectivity index (χ4n) is 7.87. The second-order valence-corrected chi connectivity index (χ2v) is 10.4. The Morgan fingerprint density at radius 2 is 2.07 bits per heavy atom. The summed E-state index contributed by atoms with van der Waals surface area (Å²) in [5.41, 5.74) is -0.297. The number of aliphatic hydroxyl groups is 1. The molecular formula is C23H30O6. The molecule has 3 saturated carbocycles. The van der Waals surface area contributed by atoms with E-state index in [4.69, 9.17) is 9.47 Å². The van der Waals surface area contributed by atoms with Gasteiger partial charge in [-0.3, -0.25) is 14.4 Å². The van der Waals surface area contributed by atoms with Crippen molar-refractivity contribution in [3.8, 4) is 0 Å². The molecule has 8 atom stereocenters. The van der Waals surface area contributed by atoms with E-state index < -0.39 is 23.1 Å². The fourth-order valence-corrected chi connectivity index (χ4v) is 7.87. The summed E-state index contributed by atoms with van der Waals surface area (Å²) >= 11 is 0.